The van der Waals surface area contributed by atoms with Crippen LogP contribution in [0.15, 0.2) is 48.5 Å². The van der Waals surface area contributed by atoms with Gasteiger partial charge in [0.05, 0.1) is 6.54 Å². The molecule has 2 rings (SSSR count). The number of rotatable bonds is 9. The molecular formula is C24H33N3O2. The summed E-state index contributed by atoms with van der Waals surface area (Å²) in [5.74, 6) is 0.554. The number of benzene rings is 2. The smallest absolute Gasteiger partial charge is 0.251 e. The molecule has 0 fully saturated rings. The summed E-state index contributed by atoms with van der Waals surface area (Å²) in [5, 5.41) is 9.00. The van der Waals surface area contributed by atoms with Crippen LogP contribution in [0.1, 0.15) is 68.1 Å². The molecule has 156 valence electrons. The molecular weight excluding hydrogens is 362 g/mol. The third kappa shape index (κ3) is 6.71. The fourth-order valence-corrected chi connectivity index (χ4v) is 3.24. The van der Waals surface area contributed by atoms with Crippen molar-refractivity contribution in [3.63, 3.8) is 0 Å². The fourth-order valence-electron chi connectivity index (χ4n) is 3.24. The highest BCUT2D eigenvalue weighted by molar-refractivity contribution is 5.97. The zero-order chi connectivity index (χ0) is 21.4. The van der Waals surface area contributed by atoms with Crippen molar-refractivity contribution in [2.24, 2.45) is 5.92 Å². The summed E-state index contributed by atoms with van der Waals surface area (Å²) in [6.07, 6.45) is 0. The Morgan fingerprint density at radius 3 is 2.17 bits per heavy atom. The minimum atomic E-state index is -0.147. The van der Waals surface area contributed by atoms with Crippen molar-refractivity contribution >= 4 is 17.5 Å². The van der Waals surface area contributed by atoms with E-state index in [1.54, 1.807) is 24.3 Å². The molecule has 5 nitrogen and oxygen atoms in total. The molecule has 5 heteroatoms. The normalized spacial score (nSPS) is 12.1. The minimum absolute atomic E-state index is 0.0867. The number of carbonyl (C=O) groups is 2. The lowest BCUT2D eigenvalue weighted by Gasteiger charge is -2.23. The molecule has 0 bridgehead atoms. The SMILES string of the molecule is CCNC(=O)c1cccc(NC(=O)CN[C@H](c2ccc(C(C)C)cc2)C(C)C)c1. The van der Waals surface area contributed by atoms with Crippen LogP contribution >= 0.6 is 0 Å². The van der Waals surface area contributed by atoms with Gasteiger partial charge in [-0.15, -0.1) is 0 Å². The number of hydrogen-bond acceptors (Lipinski definition) is 3. The summed E-state index contributed by atoms with van der Waals surface area (Å²) < 4.78 is 0. The number of carbonyl (C=O) groups excluding carboxylic acids is 2. The van der Waals surface area contributed by atoms with Crippen molar-refractivity contribution in [2.45, 2.75) is 46.6 Å². The Labute approximate surface area is 174 Å². The second-order valence-corrected chi connectivity index (χ2v) is 7.91. The molecule has 0 aliphatic heterocycles. The van der Waals surface area contributed by atoms with E-state index in [0.717, 1.165) is 0 Å². The van der Waals surface area contributed by atoms with E-state index in [1.807, 2.05) is 6.92 Å². The van der Waals surface area contributed by atoms with Crippen LogP contribution in [0.25, 0.3) is 0 Å². The van der Waals surface area contributed by atoms with E-state index in [0.29, 0.717) is 29.6 Å². The maximum absolute atomic E-state index is 12.4. The highest BCUT2D eigenvalue weighted by atomic mass is 16.2. The second kappa shape index (κ2) is 10.8. The first-order valence-corrected chi connectivity index (χ1v) is 10.3. The summed E-state index contributed by atoms with van der Waals surface area (Å²) in [6, 6.07) is 15.6. The van der Waals surface area contributed by atoms with E-state index in [-0.39, 0.29) is 24.4 Å². The maximum atomic E-state index is 12.4. The van der Waals surface area contributed by atoms with Gasteiger partial charge in [-0.1, -0.05) is 58.0 Å². The van der Waals surface area contributed by atoms with Gasteiger partial charge in [0.25, 0.3) is 5.91 Å². The Kier molecular flexibility index (Phi) is 8.40. The van der Waals surface area contributed by atoms with Crippen LogP contribution < -0.4 is 16.0 Å². The van der Waals surface area contributed by atoms with Gasteiger partial charge in [-0.3, -0.25) is 9.59 Å². The standard InChI is InChI=1S/C24H33N3O2/c1-6-25-24(29)20-8-7-9-21(14-20)27-22(28)15-26-23(17(4)5)19-12-10-18(11-13-19)16(2)3/h7-14,16-17,23,26H,6,15H2,1-5H3,(H,25,29)(H,27,28)/t23-/m0/s1. The van der Waals surface area contributed by atoms with Crippen molar-refractivity contribution in [1.82, 2.24) is 10.6 Å². The van der Waals surface area contributed by atoms with Gasteiger partial charge in [0.1, 0.15) is 0 Å². The summed E-state index contributed by atoms with van der Waals surface area (Å²) in [6.45, 7) is 11.3. The summed E-state index contributed by atoms with van der Waals surface area (Å²) in [5.41, 5.74) is 3.63. The van der Waals surface area contributed by atoms with Gasteiger partial charge < -0.3 is 16.0 Å². The Bertz CT molecular complexity index is 813. The first-order valence-electron chi connectivity index (χ1n) is 10.3. The van der Waals surface area contributed by atoms with Gasteiger partial charge >= 0.3 is 0 Å². The van der Waals surface area contributed by atoms with Crippen LogP contribution in [0.5, 0.6) is 0 Å². The van der Waals surface area contributed by atoms with Gasteiger partial charge in [0.2, 0.25) is 5.91 Å². The maximum Gasteiger partial charge on any atom is 0.251 e. The lowest BCUT2D eigenvalue weighted by atomic mass is 9.93. The zero-order valence-corrected chi connectivity index (χ0v) is 18.1. The van der Waals surface area contributed by atoms with Crippen LogP contribution in [0, 0.1) is 5.92 Å². The van der Waals surface area contributed by atoms with Crippen LogP contribution in [0.3, 0.4) is 0 Å². The number of amides is 2. The topological polar surface area (TPSA) is 70.2 Å². The Morgan fingerprint density at radius 2 is 1.59 bits per heavy atom. The van der Waals surface area contributed by atoms with E-state index in [1.165, 1.54) is 11.1 Å². The summed E-state index contributed by atoms with van der Waals surface area (Å²) in [4.78, 5) is 24.4. The van der Waals surface area contributed by atoms with E-state index >= 15 is 0 Å². The van der Waals surface area contributed by atoms with Gasteiger partial charge in [0, 0.05) is 23.8 Å². The van der Waals surface area contributed by atoms with Crippen molar-refractivity contribution < 1.29 is 9.59 Å². The molecule has 0 aliphatic rings. The molecule has 0 spiro atoms. The Hall–Kier alpha value is -2.66. The predicted molar refractivity (Wildman–Crippen MR) is 119 cm³/mol. The van der Waals surface area contributed by atoms with Crippen LogP contribution in [-0.2, 0) is 4.79 Å². The van der Waals surface area contributed by atoms with Crippen molar-refractivity contribution in [3.05, 3.63) is 65.2 Å². The molecule has 0 aromatic heterocycles. The zero-order valence-electron chi connectivity index (χ0n) is 18.1. The number of anilines is 1. The summed E-state index contributed by atoms with van der Waals surface area (Å²) in [7, 11) is 0. The predicted octanol–water partition coefficient (Wildman–Crippen LogP) is 4.49. The van der Waals surface area contributed by atoms with E-state index in [9.17, 15) is 9.59 Å². The highest BCUT2D eigenvalue weighted by Gasteiger charge is 2.17. The molecule has 0 heterocycles. The largest absolute Gasteiger partial charge is 0.352 e. The van der Waals surface area contributed by atoms with Gasteiger partial charge in [-0.25, -0.2) is 0 Å². The molecule has 29 heavy (non-hydrogen) atoms. The van der Waals surface area contributed by atoms with Gasteiger partial charge in [-0.05, 0) is 48.1 Å². The lowest BCUT2D eigenvalue weighted by Crippen LogP contribution is -2.33. The van der Waals surface area contributed by atoms with Gasteiger partial charge in [-0.2, -0.15) is 0 Å². The van der Waals surface area contributed by atoms with E-state index in [4.69, 9.17) is 0 Å². The monoisotopic (exact) mass is 395 g/mol. The van der Waals surface area contributed by atoms with Crippen LogP contribution in [-0.4, -0.2) is 24.9 Å². The van der Waals surface area contributed by atoms with Gasteiger partial charge in [0.15, 0.2) is 0 Å². The molecule has 0 unspecified atom stereocenters. The molecule has 1 atom stereocenters. The number of nitrogens with one attached hydrogen (secondary N) is 3. The quantitative estimate of drug-likeness (QED) is 0.586. The summed E-state index contributed by atoms with van der Waals surface area (Å²) >= 11 is 0. The average Bonchev–Trinajstić information content (AvgIpc) is 2.68. The first kappa shape index (κ1) is 22.6. The third-order valence-corrected chi connectivity index (χ3v) is 4.86. The second-order valence-electron chi connectivity index (χ2n) is 7.91. The highest BCUT2D eigenvalue weighted by Crippen LogP contribution is 2.24. The average molecular weight is 396 g/mol. The van der Waals surface area contributed by atoms with E-state index < -0.39 is 0 Å². The minimum Gasteiger partial charge on any atom is -0.352 e. The van der Waals surface area contributed by atoms with Crippen LogP contribution in [0.2, 0.25) is 0 Å². The third-order valence-electron chi connectivity index (χ3n) is 4.86. The van der Waals surface area contributed by atoms with Crippen molar-refractivity contribution in [2.75, 3.05) is 18.4 Å². The molecule has 2 aromatic rings. The molecule has 3 N–H and O–H groups in total. The Balaban J connectivity index is 1.99. The molecule has 0 saturated heterocycles. The van der Waals surface area contributed by atoms with Crippen molar-refractivity contribution in [1.29, 1.82) is 0 Å². The van der Waals surface area contributed by atoms with E-state index in [2.05, 4.69) is 67.9 Å². The fraction of sp³-hybridized carbons (Fsp3) is 0.417. The molecule has 0 aliphatic carbocycles. The van der Waals surface area contributed by atoms with Crippen molar-refractivity contribution in [3.8, 4) is 0 Å². The number of hydrogen-bond donors (Lipinski definition) is 3. The first-order chi connectivity index (χ1) is 13.8. The molecule has 2 amide bonds. The lowest BCUT2D eigenvalue weighted by molar-refractivity contribution is -0.115. The molecule has 0 radical (unpaired) electrons. The molecule has 0 saturated carbocycles. The van der Waals surface area contributed by atoms with Crippen LogP contribution in [0.4, 0.5) is 5.69 Å². The molecule has 2 aromatic carbocycles. The Morgan fingerprint density at radius 1 is 0.931 bits per heavy atom.